The first-order valence-corrected chi connectivity index (χ1v) is 6.38. The van der Waals surface area contributed by atoms with Gasteiger partial charge in [-0.2, -0.15) is 17.6 Å². The maximum Gasteiger partial charge on any atom is 0.424 e. The molecule has 3 nitrogen and oxygen atoms in total. The van der Waals surface area contributed by atoms with E-state index in [-0.39, 0.29) is 12.0 Å². The molecular formula is C14H15F5O3. The number of rotatable bonds is 6. The number of aliphatic hydroxyl groups is 1. The van der Waals surface area contributed by atoms with Gasteiger partial charge in [0.1, 0.15) is 0 Å². The maximum absolute atomic E-state index is 13.7. The third-order valence-electron chi connectivity index (χ3n) is 3.46. The predicted molar refractivity (Wildman–Crippen MR) is 67.6 cm³/mol. The molecular weight excluding hydrogens is 311 g/mol. The first-order chi connectivity index (χ1) is 10.1. The molecule has 0 bridgehead atoms. The number of hydrogen-bond donors (Lipinski definition) is 1. The summed E-state index contributed by atoms with van der Waals surface area (Å²) >= 11 is 0. The summed E-state index contributed by atoms with van der Waals surface area (Å²) in [5.41, 5.74) is -3.61. The Morgan fingerprint density at radius 3 is 2.32 bits per heavy atom. The van der Waals surface area contributed by atoms with Crippen molar-refractivity contribution in [2.24, 2.45) is 0 Å². The molecule has 0 amide bonds. The van der Waals surface area contributed by atoms with E-state index in [1.54, 1.807) is 0 Å². The largest absolute Gasteiger partial charge is 0.493 e. The molecule has 0 aromatic heterocycles. The fraction of sp³-hybridized carbons (Fsp3) is 0.500. The SMILES string of the molecule is CC[C@H](C[C@@](O)(C=O)C(F)(F)F)c1ccc(F)c(F)c1OC. The Labute approximate surface area is 123 Å². The van der Waals surface area contributed by atoms with E-state index in [4.69, 9.17) is 4.74 Å². The van der Waals surface area contributed by atoms with Gasteiger partial charge in [-0.15, -0.1) is 0 Å². The molecule has 0 saturated heterocycles. The van der Waals surface area contributed by atoms with Gasteiger partial charge >= 0.3 is 6.18 Å². The number of ether oxygens (including phenoxy) is 1. The lowest BCUT2D eigenvalue weighted by Crippen LogP contribution is -2.47. The number of carbonyl (C=O) groups is 1. The zero-order valence-electron chi connectivity index (χ0n) is 11.9. The summed E-state index contributed by atoms with van der Waals surface area (Å²) in [5, 5.41) is 9.51. The standard InChI is InChI=1S/C14H15F5O3/c1-3-8(6-13(21,7-20)14(17,18)19)9-4-5-10(15)11(16)12(9)22-2/h4-5,7-8,21H,3,6H2,1-2H3/t8-,13-/m1/s1. The van der Waals surface area contributed by atoms with Crippen molar-refractivity contribution >= 4 is 6.29 Å². The second kappa shape index (κ2) is 6.60. The van der Waals surface area contributed by atoms with Gasteiger partial charge in [0.15, 0.2) is 17.9 Å². The van der Waals surface area contributed by atoms with Crippen molar-refractivity contribution < 1.29 is 36.6 Å². The molecule has 0 aliphatic rings. The second-order valence-electron chi connectivity index (χ2n) is 4.83. The van der Waals surface area contributed by atoms with E-state index in [9.17, 15) is 31.9 Å². The fourth-order valence-electron chi connectivity index (χ4n) is 2.16. The molecule has 1 aromatic rings. The quantitative estimate of drug-likeness (QED) is 0.644. The summed E-state index contributed by atoms with van der Waals surface area (Å²) in [6.07, 6.45) is -6.73. The van der Waals surface area contributed by atoms with Gasteiger partial charge in [0, 0.05) is 5.56 Å². The van der Waals surface area contributed by atoms with Crippen LogP contribution in [0.2, 0.25) is 0 Å². The maximum atomic E-state index is 13.7. The highest BCUT2D eigenvalue weighted by atomic mass is 19.4. The number of halogens is 5. The first kappa shape index (κ1) is 18.3. The second-order valence-corrected chi connectivity index (χ2v) is 4.83. The monoisotopic (exact) mass is 326 g/mol. The molecule has 8 heteroatoms. The molecule has 0 spiro atoms. The molecule has 1 rings (SSSR count). The smallest absolute Gasteiger partial charge is 0.424 e. The first-order valence-electron chi connectivity index (χ1n) is 6.38. The van der Waals surface area contributed by atoms with E-state index in [0.717, 1.165) is 19.2 Å². The van der Waals surface area contributed by atoms with Crippen molar-refractivity contribution in [1.29, 1.82) is 0 Å². The van der Waals surface area contributed by atoms with Crippen LogP contribution in [0, 0.1) is 11.6 Å². The highest BCUT2D eigenvalue weighted by molar-refractivity contribution is 5.64. The van der Waals surface area contributed by atoms with Gasteiger partial charge in [-0.25, -0.2) is 4.39 Å². The van der Waals surface area contributed by atoms with Crippen LogP contribution in [0.5, 0.6) is 5.75 Å². The molecule has 124 valence electrons. The summed E-state index contributed by atoms with van der Waals surface area (Å²) in [6, 6.07) is 1.83. The number of carbonyl (C=O) groups excluding carboxylic acids is 1. The number of hydrogen-bond acceptors (Lipinski definition) is 3. The van der Waals surface area contributed by atoms with E-state index in [2.05, 4.69) is 0 Å². The van der Waals surface area contributed by atoms with E-state index in [1.807, 2.05) is 0 Å². The average Bonchev–Trinajstić information content (AvgIpc) is 2.46. The van der Waals surface area contributed by atoms with Crippen LogP contribution >= 0.6 is 0 Å². The summed E-state index contributed by atoms with van der Waals surface area (Å²) in [5.74, 6) is -4.14. The van der Waals surface area contributed by atoms with Crippen LogP contribution in [-0.2, 0) is 4.79 Å². The molecule has 0 radical (unpaired) electrons. The average molecular weight is 326 g/mol. The van der Waals surface area contributed by atoms with Crippen LogP contribution in [0.25, 0.3) is 0 Å². The van der Waals surface area contributed by atoms with Crippen LogP contribution in [0.4, 0.5) is 22.0 Å². The van der Waals surface area contributed by atoms with E-state index < -0.39 is 47.8 Å². The Morgan fingerprint density at radius 2 is 1.91 bits per heavy atom. The zero-order chi connectivity index (χ0) is 17.1. The van der Waals surface area contributed by atoms with Crippen LogP contribution in [0.3, 0.4) is 0 Å². The summed E-state index contributed by atoms with van der Waals surface area (Å²) in [6.45, 7) is 1.49. The molecule has 22 heavy (non-hydrogen) atoms. The van der Waals surface area contributed by atoms with Crippen LogP contribution in [0.1, 0.15) is 31.2 Å². The number of alkyl halides is 3. The van der Waals surface area contributed by atoms with Crippen molar-refractivity contribution in [3.63, 3.8) is 0 Å². The molecule has 0 saturated carbocycles. The number of aldehydes is 1. The van der Waals surface area contributed by atoms with E-state index in [1.165, 1.54) is 6.92 Å². The summed E-state index contributed by atoms with van der Waals surface area (Å²) in [4.78, 5) is 10.7. The van der Waals surface area contributed by atoms with Crippen molar-refractivity contribution in [2.75, 3.05) is 7.11 Å². The lowest BCUT2D eigenvalue weighted by Gasteiger charge is -2.29. The fourth-order valence-corrected chi connectivity index (χ4v) is 2.16. The highest BCUT2D eigenvalue weighted by Crippen LogP contribution is 2.41. The molecule has 1 N–H and O–H groups in total. The van der Waals surface area contributed by atoms with Crippen LogP contribution < -0.4 is 4.74 Å². The van der Waals surface area contributed by atoms with Crippen molar-refractivity contribution in [2.45, 2.75) is 37.5 Å². The number of benzene rings is 1. The van der Waals surface area contributed by atoms with Gasteiger partial charge in [0.05, 0.1) is 7.11 Å². The van der Waals surface area contributed by atoms with Gasteiger partial charge in [-0.1, -0.05) is 13.0 Å². The Hall–Kier alpha value is -1.70. The molecule has 0 fully saturated rings. The summed E-state index contributed by atoms with van der Waals surface area (Å²) in [7, 11) is 1.05. The third kappa shape index (κ3) is 3.37. The molecule has 1 aromatic carbocycles. The molecule has 2 atom stereocenters. The van der Waals surface area contributed by atoms with Crippen molar-refractivity contribution in [1.82, 2.24) is 0 Å². The molecule has 0 unspecified atom stereocenters. The number of methoxy groups -OCH3 is 1. The Balaban J connectivity index is 3.29. The van der Waals surface area contributed by atoms with Crippen LogP contribution in [0.15, 0.2) is 12.1 Å². The van der Waals surface area contributed by atoms with Gasteiger partial charge in [-0.3, -0.25) is 4.79 Å². The predicted octanol–water partition coefficient (Wildman–Crippen LogP) is 3.35. The topological polar surface area (TPSA) is 46.5 Å². The zero-order valence-corrected chi connectivity index (χ0v) is 11.9. The Morgan fingerprint density at radius 1 is 1.32 bits per heavy atom. The van der Waals surface area contributed by atoms with Crippen LogP contribution in [-0.4, -0.2) is 30.3 Å². The van der Waals surface area contributed by atoms with E-state index in [0.29, 0.717) is 0 Å². The lowest BCUT2D eigenvalue weighted by molar-refractivity contribution is -0.247. The van der Waals surface area contributed by atoms with E-state index >= 15 is 0 Å². The minimum atomic E-state index is -5.17. The summed E-state index contributed by atoms with van der Waals surface area (Å²) < 4.78 is 69.9. The molecule has 0 aliphatic carbocycles. The minimum absolute atomic E-state index is 0.0478. The van der Waals surface area contributed by atoms with Crippen molar-refractivity contribution in [3.8, 4) is 5.75 Å². The lowest BCUT2D eigenvalue weighted by atomic mass is 9.84. The van der Waals surface area contributed by atoms with Gasteiger partial charge in [0.2, 0.25) is 11.4 Å². The Bertz CT molecular complexity index is 544. The van der Waals surface area contributed by atoms with Gasteiger partial charge in [0.25, 0.3) is 0 Å². The van der Waals surface area contributed by atoms with Gasteiger partial charge < -0.3 is 9.84 Å². The minimum Gasteiger partial charge on any atom is -0.493 e. The highest BCUT2D eigenvalue weighted by Gasteiger charge is 2.54. The third-order valence-corrected chi connectivity index (χ3v) is 3.46. The van der Waals surface area contributed by atoms with Gasteiger partial charge in [-0.05, 0) is 24.8 Å². The normalized spacial score (nSPS) is 16.0. The van der Waals surface area contributed by atoms with Crippen molar-refractivity contribution in [3.05, 3.63) is 29.3 Å². The molecule has 0 heterocycles. The molecule has 0 aliphatic heterocycles. The Kier molecular flexibility index (Phi) is 5.50.